The SMILES string of the molecule is Cc1ncc(Oc2cc([C@@H](C)O)ncc2C(C)C)c(N)n1. The summed E-state index contributed by atoms with van der Waals surface area (Å²) in [6.45, 7) is 7.50. The van der Waals surface area contributed by atoms with Gasteiger partial charge >= 0.3 is 0 Å². The molecule has 0 aliphatic heterocycles. The zero-order valence-corrected chi connectivity index (χ0v) is 12.7. The number of anilines is 1. The van der Waals surface area contributed by atoms with E-state index in [1.54, 1.807) is 32.3 Å². The highest BCUT2D eigenvalue weighted by Gasteiger charge is 2.15. The normalized spacial score (nSPS) is 12.5. The number of aliphatic hydroxyl groups excluding tert-OH is 1. The van der Waals surface area contributed by atoms with E-state index in [0.29, 0.717) is 23.0 Å². The van der Waals surface area contributed by atoms with Crippen LogP contribution < -0.4 is 10.5 Å². The Balaban J connectivity index is 2.43. The predicted octanol–water partition coefficient (Wildman–Crippen LogP) is 2.73. The summed E-state index contributed by atoms with van der Waals surface area (Å²) in [5, 5.41) is 9.67. The Kier molecular flexibility index (Phi) is 4.37. The fourth-order valence-corrected chi connectivity index (χ4v) is 1.89. The minimum Gasteiger partial charge on any atom is -0.451 e. The molecule has 2 rings (SSSR count). The van der Waals surface area contributed by atoms with Crippen LogP contribution in [0.2, 0.25) is 0 Å². The van der Waals surface area contributed by atoms with Crippen LogP contribution >= 0.6 is 0 Å². The molecule has 0 aliphatic carbocycles. The third-order valence-electron chi connectivity index (χ3n) is 3.09. The minimum absolute atomic E-state index is 0.225. The molecule has 6 nitrogen and oxygen atoms in total. The molecule has 112 valence electrons. The number of rotatable bonds is 4. The molecule has 3 N–H and O–H groups in total. The summed E-state index contributed by atoms with van der Waals surface area (Å²) >= 11 is 0. The van der Waals surface area contributed by atoms with E-state index >= 15 is 0 Å². The Morgan fingerprint density at radius 1 is 1.14 bits per heavy atom. The number of aromatic nitrogens is 3. The second-order valence-corrected chi connectivity index (χ2v) is 5.25. The van der Waals surface area contributed by atoms with Gasteiger partial charge in [0.1, 0.15) is 11.6 Å². The Morgan fingerprint density at radius 2 is 1.86 bits per heavy atom. The first-order valence-electron chi connectivity index (χ1n) is 6.83. The molecule has 0 unspecified atom stereocenters. The van der Waals surface area contributed by atoms with Crippen LogP contribution in [0.4, 0.5) is 5.82 Å². The van der Waals surface area contributed by atoms with Crippen LogP contribution in [0.3, 0.4) is 0 Å². The quantitative estimate of drug-likeness (QED) is 0.898. The van der Waals surface area contributed by atoms with E-state index in [4.69, 9.17) is 10.5 Å². The molecular weight excluding hydrogens is 268 g/mol. The first-order valence-corrected chi connectivity index (χ1v) is 6.83. The number of nitrogens with two attached hydrogens (primary N) is 1. The maximum absolute atomic E-state index is 9.67. The van der Waals surface area contributed by atoms with Gasteiger partial charge < -0.3 is 15.6 Å². The van der Waals surface area contributed by atoms with Crippen LogP contribution in [0.5, 0.6) is 11.5 Å². The highest BCUT2D eigenvalue weighted by atomic mass is 16.5. The summed E-state index contributed by atoms with van der Waals surface area (Å²) in [4.78, 5) is 12.4. The van der Waals surface area contributed by atoms with Gasteiger partial charge in [0.05, 0.1) is 18.0 Å². The summed E-state index contributed by atoms with van der Waals surface area (Å²) in [6.07, 6.45) is 2.59. The molecule has 0 bridgehead atoms. The van der Waals surface area contributed by atoms with Crippen molar-refractivity contribution in [3.63, 3.8) is 0 Å². The highest BCUT2D eigenvalue weighted by Crippen LogP contribution is 2.33. The predicted molar refractivity (Wildman–Crippen MR) is 80.2 cm³/mol. The second kappa shape index (κ2) is 6.05. The van der Waals surface area contributed by atoms with E-state index in [1.807, 2.05) is 13.8 Å². The number of aryl methyl sites for hydroxylation is 1. The van der Waals surface area contributed by atoms with Crippen LogP contribution in [0.1, 0.15) is 49.9 Å². The van der Waals surface area contributed by atoms with Gasteiger partial charge in [0.15, 0.2) is 11.6 Å². The molecule has 0 spiro atoms. The van der Waals surface area contributed by atoms with E-state index in [-0.39, 0.29) is 11.7 Å². The van der Waals surface area contributed by atoms with Gasteiger partial charge in [0.2, 0.25) is 0 Å². The lowest BCUT2D eigenvalue weighted by molar-refractivity contribution is 0.194. The summed E-state index contributed by atoms with van der Waals surface area (Å²) < 4.78 is 5.85. The van der Waals surface area contributed by atoms with Crippen molar-refractivity contribution in [1.82, 2.24) is 15.0 Å². The maximum atomic E-state index is 9.67. The van der Waals surface area contributed by atoms with Crippen molar-refractivity contribution in [3.8, 4) is 11.5 Å². The van der Waals surface area contributed by atoms with Crippen molar-refractivity contribution < 1.29 is 9.84 Å². The molecule has 1 atom stereocenters. The molecule has 0 aliphatic rings. The van der Waals surface area contributed by atoms with Crippen molar-refractivity contribution in [3.05, 3.63) is 35.5 Å². The molecular formula is C15H20N4O2. The van der Waals surface area contributed by atoms with Crippen LogP contribution in [0, 0.1) is 6.92 Å². The number of hydrogen-bond donors (Lipinski definition) is 2. The van der Waals surface area contributed by atoms with Gasteiger partial charge in [-0.25, -0.2) is 9.97 Å². The Hall–Kier alpha value is -2.21. The van der Waals surface area contributed by atoms with E-state index in [0.717, 1.165) is 5.56 Å². The number of ether oxygens (including phenoxy) is 1. The number of nitrogen functional groups attached to an aromatic ring is 1. The summed E-state index contributed by atoms with van der Waals surface area (Å²) in [6, 6.07) is 1.72. The molecule has 2 heterocycles. The van der Waals surface area contributed by atoms with Gasteiger partial charge in [-0.3, -0.25) is 4.98 Å². The Bertz CT molecular complexity index is 642. The highest BCUT2D eigenvalue weighted by molar-refractivity contribution is 5.48. The van der Waals surface area contributed by atoms with Gasteiger partial charge in [0.25, 0.3) is 0 Å². The van der Waals surface area contributed by atoms with Crippen LogP contribution in [-0.2, 0) is 0 Å². The topological polar surface area (TPSA) is 94.2 Å². The third kappa shape index (κ3) is 3.46. The minimum atomic E-state index is -0.667. The lowest BCUT2D eigenvalue weighted by Gasteiger charge is -2.16. The summed E-state index contributed by atoms with van der Waals surface area (Å²) in [5.41, 5.74) is 7.32. The Labute approximate surface area is 124 Å². The van der Waals surface area contributed by atoms with E-state index < -0.39 is 6.10 Å². The van der Waals surface area contributed by atoms with Crippen LogP contribution in [-0.4, -0.2) is 20.1 Å². The van der Waals surface area contributed by atoms with Crippen molar-refractivity contribution in [2.45, 2.75) is 39.7 Å². The molecule has 2 aromatic rings. The van der Waals surface area contributed by atoms with Crippen LogP contribution in [0.25, 0.3) is 0 Å². The van der Waals surface area contributed by atoms with E-state index in [2.05, 4.69) is 15.0 Å². The molecule has 0 amide bonds. The first kappa shape index (κ1) is 15.2. The van der Waals surface area contributed by atoms with Gasteiger partial charge in [-0.15, -0.1) is 0 Å². The van der Waals surface area contributed by atoms with Crippen molar-refractivity contribution >= 4 is 5.82 Å². The smallest absolute Gasteiger partial charge is 0.187 e. The Morgan fingerprint density at radius 3 is 2.43 bits per heavy atom. The lowest BCUT2D eigenvalue weighted by atomic mass is 10.0. The van der Waals surface area contributed by atoms with Crippen molar-refractivity contribution in [2.75, 3.05) is 5.73 Å². The van der Waals surface area contributed by atoms with Gasteiger partial charge in [-0.1, -0.05) is 13.8 Å². The lowest BCUT2D eigenvalue weighted by Crippen LogP contribution is -2.03. The molecule has 6 heteroatoms. The molecule has 0 radical (unpaired) electrons. The third-order valence-corrected chi connectivity index (χ3v) is 3.09. The van der Waals surface area contributed by atoms with Crippen molar-refractivity contribution in [1.29, 1.82) is 0 Å². The van der Waals surface area contributed by atoms with Gasteiger partial charge in [-0.2, -0.15) is 0 Å². The fraction of sp³-hybridized carbons (Fsp3) is 0.400. The summed E-state index contributed by atoms with van der Waals surface area (Å²) in [5.74, 6) is 2.10. The summed E-state index contributed by atoms with van der Waals surface area (Å²) in [7, 11) is 0. The van der Waals surface area contributed by atoms with Gasteiger partial charge in [0, 0.05) is 17.8 Å². The molecule has 0 aromatic carbocycles. The zero-order chi connectivity index (χ0) is 15.6. The first-order chi connectivity index (χ1) is 9.88. The number of pyridine rings is 1. The van der Waals surface area contributed by atoms with Gasteiger partial charge in [-0.05, 0) is 19.8 Å². The number of hydrogen-bond acceptors (Lipinski definition) is 6. The standard InChI is InChI=1S/C15H20N4O2/c1-8(2)11-6-18-12(9(3)20)5-13(11)21-14-7-17-10(4)19-15(14)16/h5-9,20H,1-4H3,(H2,16,17,19)/t9-/m1/s1. The van der Waals surface area contributed by atoms with Crippen molar-refractivity contribution in [2.24, 2.45) is 0 Å². The largest absolute Gasteiger partial charge is 0.451 e. The molecule has 0 saturated heterocycles. The monoisotopic (exact) mass is 288 g/mol. The molecule has 0 fully saturated rings. The maximum Gasteiger partial charge on any atom is 0.187 e. The molecule has 0 saturated carbocycles. The van der Waals surface area contributed by atoms with E-state index in [1.165, 1.54) is 0 Å². The number of aliphatic hydroxyl groups is 1. The average molecular weight is 288 g/mol. The van der Waals surface area contributed by atoms with E-state index in [9.17, 15) is 5.11 Å². The average Bonchev–Trinajstić information content (AvgIpc) is 2.41. The number of nitrogens with zero attached hydrogens (tertiary/aromatic N) is 3. The van der Waals surface area contributed by atoms with Crippen LogP contribution in [0.15, 0.2) is 18.5 Å². The zero-order valence-electron chi connectivity index (χ0n) is 12.7. The second-order valence-electron chi connectivity index (χ2n) is 5.25. The molecule has 2 aromatic heterocycles. The molecule has 21 heavy (non-hydrogen) atoms. The fourth-order valence-electron chi connectivity index (χ4n) is 1.89.